The van der Waals surface area contributed by atoms with Crippen molar-refractivity contribution in [1.82, 2.24) is 20.4 Å². The Labute approximate surface area is 108 Å². The van der Waals surface area contributed by atoms with E-state index >= 15 is 0 Å². The van der Waals surface area contributed by atoms with Gasteiger partial charge in [0.05, 0.1) is 6.04 Å². The van der Waals surface area contributed by atoms with Gasteiger partial charge in [0, 0.05) is 32.8 Å². The molecule has 1 unspecified atom stereocenters. The van der Waals surface area contributed by atoms with E-state index in [1.165, 1.54) is 0 Å². The van der Waals surface area contributed by atoms with Crippen molar-refractivity contribution in [3.8, 4) is 0 Å². The second-order valence-electron chi connectivity index (χ2n) is 4.39. The minimum Gasteiger partial charge on any atom is -0.372 e. The lowest BCUT2D eigenvalue weighted by atomic mass is 10.1. The Bertz CT molecular complexity index is 350. The number of hydrogen-bond donors (Lipinski definition) is 1. The molecule has 6 nitrogen and oxygen atoms in total. The zero-order valence-electron chi connectivity index (χ0n) is 11.2. The number of ether oxygens (including phenoxy) is 1. The lowest BCUT2D eigenvalue weighted by Crippen LogP contribution is -2.45. The van der Waals surface area contributed by atoms with Gasteiger partial charge in [-0.3, -0.25) is 4.90 Å². The van der Waals surface area contributed by atoms with Gasteiger partial charge in [-0.15, -0.1) is 0 Å². The molecule has 0 aromatic carbocycles. The van der Waals surface area contributed by atoms with Crippen molar-refractivity contribution in [2.24, 2.45) is 0 Å². The van der Waals surface area contributed by atoms with E-state index in [1.807, 2.05) is 6.92 Å². The highest BCUT2D eigenvalue weighted by Gasteiger charge is 2.24. The Hall–Kier alpha value is -0.980. The summed E-state index contributed by atoms with van der Waals surface area (Å²) in [6.45, 7) is 9.30. The minimum absolute atomic E-state index is 0.256. The first-order valence-electron chi connectivity index (χ1n) is 6.70. The van der Waals surface area contributed by atoms with Crippen molar-refractivity contribution in [2.45, 2.75) is 32.9 Å². The molecule has 0 spiro atoms. The van der Waals surface area contributed by atoms with Crippen molar-refractivity contribution in [2.75, 3.05) is 32.8 Å². The molecule has 0 bridgehead atoms. The molecule has 2 rings (SSSR count). The van der Waals surface area contributed by atoms with Gasteiger partial charge in [0.25, 0.3) is 5.89 Å². The van der Waals surface area contributed by atoms with Crippen molar-refractivity contribution in [1.29, 1.82) is 0 Å². The summed E-state index contributed by atoms with van der Waals surface area (Å²) in [6.07, 6.45) is 0.994. The molecule has 0 amide bonds. The molecule has 6 heteroatoms. The fraction of sp³-hybridized carbons (Fsp3) is 0.833. The summed E-state index contributed by atoms with van der Waals surface area (Å²) in [4.78, 5) is 6.84. The molecule has 1 atom stereocenters. The fourth-order valence-corrected chi connectivity index (χ4v) is 2.25. The molecule has 0 saturated carbocycles. The van der Waals surface area contributed by atoms with E-state index in [1.54, 1.807) is 0 Å². The quantitative estimate of drug-likeness (QED) is 0.816. The van der Waals surface area contributed by atoms with Crippen LogP contribution in [-0.2, 0) is 11.3 Å². The van der Waals surface area contributed by atoms with Gasteiger partial charge in [-0.25, -0.2) is 0 Å². The van der Waals surface area contributed by atoms with E-state index < -0.39 is 0 Å². The topological polar surface area (TPSA) is 63.4 Å². The molecule has 1 aromatic rings. The van der Waals surface area contributed by atoms with Gasteiger partial charge in [0.1, 0.15) is 6.61 Å². The van der Waals surface area contributed by atoms with E-state index in [-0.39, 0.29) is 6.04 Å². The minimum atomic E-state index is 0.256. The number of nitrogens with one attached hydrogen (secondary N) is 1. The van der Waals surface area contributed by atoms with Crippen LogP contribution in [-0.4, -0.2) is 47.8 Å². The summed E-state index contributed by atoms with van der Waals surface area (Å²) in [5, 5.41) is 7.44. The third-order valence-corrected chi connectivity index (χ3v) is 3.19. The molecule has 2 heterocycles. The standard InChI is InChI=1S/C12H22N4O2/c1-3-10(16-7-5-13-6-8-16)12-14-11(18-15-12)9-17-4-2/h10,13H,3-9H2,1-2H3. The van der Waals surface area contributed by atoms with E-state index in [2.05, 4.69) is 27.3 Å². The first-order chi connectivity index (χ1) is 8.85. The number of hydrogen-bond acceptors (Lipinski definition) is 6. The molecule has 18 heavy (non-hydrogen) atoms. The second-order valence-corrected chi connectivity index (χ2v) is 4.39. The molecule has 1 aliphatic heterocycles. The molecular formula is C12H22N4O2. The first kappa shape index (κ1) is 13.5. The van der Waals surface area contributed by atoms with Crippen molar-refractivity contribution in [3.63, 3.8) is 0 Å². The van der Waals surface area contributed by atoms with E-state index in [9.17, 15) is 0 Å². The number of aromatic nitrogens is 2. The third-order valence-electron chi connectivity index (χ3n) is 3.19. The summed E-state index contributed by atoms with van der Waals surface area (Å²) in [7, 11) is 0. The van der Waals surface area contributed by atoms with Crippen LogP contribution >= 0.6 is 0 Å². The van der Waals surface area contributed by atoms with Crippen LogP contribution in [0.5, 0.6) is 0 Å². The van der Waals surface area contributed by atoms with Crippen LogP contribution in [0.4, 0.5) is 0 Å². The Morgan fingerprint density at radius 1 is 1.39 bits per heavy atom. The fourth-order valence-electron chi connectivity index (χ4n) is 2.25. The monoisotopic (exact) mass is 254 g/mol. The van der Waals surface area contributed by atoms with Crippen LogP contribution < -0.4 is 5.32 Å². The number of piperazine rings is 1. The summed E-state index contributed by atoms with van der Waals surface area (Å²) < 4.78 is 10.5. The molecule has 0 radical (unpaired) electrons. The summed E-state index contributed by atoms with van der Waals surface area (Å²) in [6, 6.07) is 0.256. The highest BCUT2D eigenvalue weighted by molar-refractivity contribution is 4.95. The molecule has 1 aliphatic rings. The normalized spacial score (nSPS) is 19.0. The molecular weight excluding hydrogens is 232 g/mol. The van der Waals surface area contributed by atoms with Crippen molar-refractivity contribution >= 4 is 0 Å². The zero-order chi connectivity index (χ0) is 12.8. The van der Waals surface area contributed by atoms with Gasteiger partial charge in [-0.2, -0.15) is 4.98 Å². The van der Waals surface area contributed by atoms with Crippen LogP contribution in [0.1, 0.15) is 38.0 Å². The average Bonchev–Trinajstić information content (AvgIpc) is 2.87. The van der Waals surface area contributed by atoms with Gasteiger partial charge in [0.15, 0.2) is 5.82 Å². The van der Waals surface area contributed by atoms with Crippen LogP contribution in [0.25, 0.3) is 0 Å². The summed E-state index contributed by atoms with van der Waals surface area (Å²) >= 11 is 0. The van der Waals surface area contributed by atoms with Gasteiger partial charge in [-0.05, 0) is 13.3 Å². The lowest BCUT2D eigenvalue weighted by molar-refractivity contribution is 0.109. The smallest absolute Gasteiger partial charge is 0.252 e. The first-order valence-corrected chi connectivity index (χ1v) is 6.70. The Morgan fingerprint density at radius 2 is 2.17 bits per heavy atom. The van der Waals surface area contributed by atoms with E-state index in [0.717, 1.165) is 38.4 Å². The zero-order valence-corrected chi connectivity index (χ0v) is 11.2. The van der Waals surface area contributed by atoms with Crippen LogP contribution in [0.3, 0.4) is 0 Å². The Kier molecular flexibility index (Phi) is 5.10. The maximum atomic E-state index is 5.27. The van der Waals surface area contributed by atoms with Gasteiger partial charge >= 0.3 is 0 Å². The van der Waals surface area contributed by atoms with Gasteiger partial charge < -0.3 is 14.6 Å². The van der Waals surface area contributed by atoms with E-state index in [4.69, 9.17) is 9.26 Å². The third kappa shape index (κ3) is 3.28. The number of rotatable bonds is 6. The molecule has 1 N–H and O–H groups in total. The predicted octanol–water partition coefficient (Wildman–Crippen LogP) is 0.962. The Morgan fingerprint density at radius 3 is 2.83 bits per heavy atom. The summed E-state index contributed by atoms with van der Waals surface area (Å²) in [5.74, 6) is 1.36. The highest BCUT2D eigenvalue weighted by atomic mass is 16.5. The average molecular weight is 254 g/mol. The van der Waals surface area contributed by atoms with Crippen molar-refractivity contribution < 1.29 is 9.26 Å². The SMILES string of the molecule is CCOCc1nc(C(CC)N2CCNCC2)no1. The summed E-state index contributed by atoms with van der Waals surface area (Å²) in [5.41, 5.74) is 0. The molecule has 1 aromatic heterocycles. The van der Waals surface area contributed by atoms with E-state index in [0.29, 0.717) is 19.1 Å². The molecule has 1 saturated heterocycles. The maximum absolute atomic E-state index is 5.27. The number of nitrogens with zero attached hydrogens (tertiary/aromatic N) is 3. The molecule has 102 valence electrons. The lowest BCUT2D eigenvalue weighted by Gasteiger charge is -2.32. The maximum Gasteiger partial charge on any atom is 0.252 e. The molecule has 0 aliphatic carbocycles. The van der Waals surface area contributed by atoms with Crippen molar-refractivity contribution in [3.05, 3.63) is 11.7 Å². The van der Waals surface area contributed by atoms with Crippen LogP contribution in [0.2, 0.25) is 0 Å². The second kappa shape index (κ2) is 6.82. The molecule has 1 fully saturated rings. The van der Waals surface area contributed by atoms with Gasteiger partial charge in [0.2, 0.25) is 0 Å². The largest absolute Gasteiger partial charge is 0.372 e. The van der Waals surface area contributed by atoms with Crippen LogP contribution in [0, 0.1) is 0 Å². The predicted molar refractivity (Wildman–Crippen MR) is 67.1 cm³/mol. The Balaban J connectivity index is 1.99. The highest BCUT2D eigenvalue weighted by Crippen LogP contribution is 2.21. The van der Waals surface area contributed by atoms with Gasteiger partial charge in [-0.1, -0.05) is 12.1 Å². The van der Waals surface area contributed by atoms with Crippen LogP contribution in [0.15, 0.2) is 4.52 Å².